The molecule has 1 aliphatic carbocycles. The Bertz CT molecular complexity index is 828. The van der Waals surface area contributed by atoms with E-state index in [1.165, 1.54) is 24.7 Å². The first-order valence-corrected chi connectivity index (χ1v) is 10.5. The average molecular weight is 398 g/mol. The highest BCUT2D eigenvalue weighted by atomic mass is 19.1. The number of hydrogen-bond acceptors (Lipinski definition) is 3. The Kier molecular flexibility index (Phi) is 5.97. The van der Waals surface area contributed by atoms with Crippen LogP contribution in [0.1, 0.15) is 60.5 Å². The van der Waals surface area contributed by atoms with Crippen LogP contribution in [0, 0.1) is 17.7 Å². The van der Waals surface area contributed by atoms with Gasteiger partial charge in [0.15, 0.2) is 0 Å². The molecule has 6 heteroatoms. The molecule has 1 saturated heterocycles. The lowest BCUT2D eigenvalue weighted by molar-refractivity contribution is -0.127. The number of nitrogens with one attached hydrogen (secondary N) is 1. The quantitative estimate of drug-likeness (QED) is 0.816. The molecule has 0 unspecified atom stereocenters. The Morgan fingerprint density at radius 3 is 2.52 bits per heavy atom. The third-order valence-corrected chi connectivity index (χ3v) is 6.25. The summed E-state index contributed by atoms with van der Waals surface area (Å²) in [6, 6.07) is 8.00. The Morgan fingerprint density at radius 2 is 1.83 bits per heavy atom. The predicted octanol–water partition coefficient (Wildman–Crippen LogP) is 4.32. The van der Waals surface area contributed by atoms with E-state index in [1.807, 2.05) is 0 Å². The molecule has 4 rings (SSSR count). The summed E-state index contributed by atoms with van der Waals surface area (Å²) in [5.74, 6) is -0.246. The van der Waals surface area contributed by atoms with E-state index in [0.29, 0.717) is 24.6 Å². The smallest absolute Gasteiger partial charge is 0.257 e. The van der Waals surface area contributed by atoms with Crippen molar-refractivity contribution in [2.45, 2.75) is 44.6 Å². The second-order valence-electron chi connectivity index (χ2n) is 8.18. The zero-order chi connectivity index (χ0) is 20.2. The molecule has 2 aliphatic rings. The number of furan rings is 1. The van der Waals surface area contributed by atoms with Gasteiger partial charge >= 0.3 is 0 Å². The minimum atomic E-state index is -0.272. The largest absolute Gasteiger partial charge is 0.472 e. The van der Waals surface area contributed by atoms with E-state index < -0.39 is 0 Å². The number of piperidine rings is 1. The summed E-state index contributed by atoms with van der Waals surface area (Å²) in [5.41, 5.74) is 1.47. The molecule has 5 nitrogen and oxygen atoms in total. The first-order valence-electron chi connectivity index (χ1n) is 10.5. The Balaban J connectivity index is 1.45. The number of benzene rings is 1. The first kappa shape index (κ1) is 19.7. The third kappa shape index (κ3) is 4.52. The van der Waals surface area contributed by atoms with E-state index in [1.54, 1.807) is 23.1 Å². The van der Waals surface area contributed by atoms with Gasteiger partial charge in [-0.1, -0.05) is 25.0 Å². The molecule has 1 aromatic heterocycles. The number of nitrogens with zero attached hydrogens (tertiary/aromatic N) is 1. The predicted molar refractivity (Wildman–Crippen MR) is 107 cm³/mol. The van der Waals surface area contributed by atoms with E-state index in [2.05, 4.69) is 5.32 Å². The number of halogens is 1. The molecule has 0 spiro atoms. The maximum absolute atomic E-state index is 13.4. The van der Waals surface area contributed by atoms with Crippen molar-refractivity contribution in [3.63, 3.8) is 0 Å². The number of likely N-dealkylation sites (tertiary alicyclic amines) is 1. The van der Waals surface area contributed by atoms with Gasteiger partial charge in [-0.15, -0.1) is 0 Å². The van der Waals surface area contributed by atoms with Crippen LogP contribution >= 0.6 is 0 Å². The fourth-order valence-electron chi connectivity index (χ4n) is 4.65. The van der Waals surface area contributed by atoms with Crippen molar-refractivity contribution >= 4 is 11.8 Å². The molecule has 1 saturated carbocycles. The van der Waals surface area contributed by atoms with Crippen LogP contribution in [0.3, 0.4) is 0 Å². The number of carbonyl (C=O) groups excluding carboxylic acids is 2. The van der Waals surface area contributed by atoms with E-state index in [9.17, 15) is 14.0 Å². The van der Waals surface area contributed by atoms with Crippen LogP contribution in [0.5, 0.6) is 0 Å². The van der Waals surface area contributed by atoms with E-state index in [0.717, 1.165) is 44.1 Å². The van der Waals surface area contributed by atoms with Crippen molar-refractivity contribution in [3.8, 4) is 0 Å². The molecule has 154 valence electrons. The molecule has 1 aromatic carbocycles. The van der Waals surface area contributed by atoms with Crippen LogP contribution in [-0.4, -0.2) is 29.8 Å². The number of rotatable bonds is 5. The maximum atomic E-state index is 13.4. The highest BCUT2D eigenvalue weighted by molar-refractivity contribution is 5.94. The van der Waals surface area contributed by atoms with Gasteiger partial charge in [-0.05, 0) is 55.4 Å². The van der Waals surface area contributed by atoms with Crippen LogP contribution in [0.2, 0.25) is 0 Å². The van der Waals surface area contributed by atoms with E-state index >= 15 is 0 Å². The van der Waals surface area contributed by atoms with Gasteiger partial charge in [0, 0.05) is 13.1 Å². The van der Waals surface area contributed by atoms with Crippen LogP contribution < -0.4 is 5.32 Å². The van der Waals surface area contributed by atoms with Crippen LogP contribution in [0.25, 0.3) is 0 Å². The summed E-state index contributed by atoms with van der Waals surface area (Å²) in [4.78, 5) is 27.5. The summed E-state index contributed by atoms with van der Waals surface area (Å²) in [5, 5.41) is 3.24. The van der Waals surface area contributed by atoms with Gasteiger partial charge in [0.25, 0.3) is 5.91 Å². The summed E-state index contributed by atoms with van der Waals surface area (Å²) in [6.45, 7) is 1.06. The standard InChI is InChI=1S/C23H27FN2O3/c24-20-9-7-17(8-10-20)21(16-4-1-2-5-16)25-22(27)18-6-3-12-26(14-18)23(28)19-11-13-29-15-19/h7-11,13,15-16,18,21H,1-6,12,14H2,(H,25,27)/t18-,21-/m1/s1. The van der Waals surface area contributed by atoms with Crippen LogP contribution in [-0.2, 0) is 4.79 Å². The summed E-state index contributed by atoms with van der Waals surface area (Å²) < 4.78 is 18.4. The molecular formula is C23H27FN2O3. The number of hydrogen-bond donors (Lipinski definition) is 1. The van der Waals surface area contributed by atoms with Crippen molar-refractivity contribution in [1.29, 1.82) is 0 Å². The molecule has 1 aliphatic heterocycles. The highest BCUT2D eigenvalue weighted by Gasteiger charge is 2.33. The Labute approximate surface area is 170 Å². The first-order chi connectivity index (χ1) is 14.1. The van der Waals surface area contributed by atoms with Crippen molar-refractivity contribution in [3.05, 3.63) is 59.8 Å². The van der Waals surface area contributed by atoms with Gasteiger partial charge in [0.05, 0.1) is 23.8 Å². The fourth-order valence-corrected chi connectivity index (χ4v) is 4.65. The minimum absolute atomic E-state index is 0.0177. The lowest BCUT2D eigenvalue weighted by Gasteiger charge is -2.34. The van der Waals surface area contributed by atoms with E-state index in [4.69, 9.17) is 4.42 Å². The van der Waals surface area contributed by atoms with Gasteiger partial charge in [-0.25, -0.2) is 4.39 Å². The van der Waals surface area contributed by atoms with Gasteiger partial charge in [-0.2, -0.15) is 0 Å². The molecule has 29 heavy (non-hydrogen) atoms. The summed E-state index contributed by atoms with van der Waals surface area (Å²) in [6.07, 6.45) is 8.94. The Hall–Kier alpha value is -2.63. The molecule has 2 aromatic rings. The molecule has 2 atom stereocenters. The van der Waals surface area contributed by atoms with Crippen molar-refractivity contribution in [2.75, 3.05) is 13.1 Å². The molecule has 0 bridgehead atoms. The third-order valence-electron chi connectivity index (χ3n) is 6.25. The number of amides is 2. The SMILES string of the molecule is O=C(N[C@@H](c1ccc(F)cc1)C1CCCC1)[C@@H]1CCCN(C(=O)c2ccoc2)C1. The summed E-state index contributed by atoms with van der Waals surface area (Å²) >= 11 is 0. The summed E-state index contributed by atoms with van der Waals surface area (Å²) in [7, 11) is 0. The molecule has 0 radical (unpaired) electrons. The van der Waals surface area contributed by atoms with Gasteiger partial charge in [0.1, 0.15) is 12.1 Å². The second-order valence-corrected chi connectivity index (χ2v) is 8.18. The van der Waals surface area contributed by atoms with Gasteiger partial charge < -0.3 is 14.6 Å². The normalized spacial score (nSPS) is 21.1. The Morgan fingerprint density at radius 1 is 1.07 bits per heavy atom. The van der Waals surface area contributed by atoms with Crippen molar-refractivity contribution in [2.24, 2.45) is 11.8 Å². The lowest BCUT2D eigenvalue weighted by atomic mass is 9.90. The molecule has 2 amide bonds. The average Bonchev–Trinajstić information content (AvgIpc) is 3.46. The zero-order valence-corrected chi connectivity index (χ0v) is 16.5. The molecular weight excluding hydrogens is 371 g/mol. The monoisotopic (exact) mass is 398 g/mol. The molecule has 2 fully saturated rings. The maximum Gasteiger partial charge on any atom is 0.257 e. The minimum Gasteiger partial charge on any atom is -0.472 e. The van der Waals surface area contributed by atoms with Crippen LogP contribution in [0.4, 0.5) is 4.39 Å². The molecule has 1 N–H and O–H groups in total. The lowest BCUT2D eigenvalue weighted by Crippen LogP contribution is -2.46. The highest BCUT2D eigenvalue weighted by Crippen LogP contribution is 2.36. The van der Waals surface area contributed by atoms with Gasteiger partial charge in [-0.3, -0.25) is 9.59 Å². The van der Waals surface area contributed by atoms with Gasteiger partial charge in [0.2, 0.25) is 5.91 Å². The fraction of sp³-hybridized carbons (Fsp3) is 0.478. The zero-order valence-electron chi connectivity index (χ0n) is 16.5. The van der Waals surface area contributed by atoms with E-state index in [-0.39, 0.29) is 29.6 Å². The molecule has 2 heterocycles. The number of carbonyl (C=O) groups is 2. The van der Waals surface area contributed by atoms with Crippen LogP contribution in [0.15, 0.2) is 47.3 Å². The van der Waals surface area contributed by atoms with Crippen molar-refractivity contribution in [1.82, 2.24) is 10.2 Å². The topological polar surface area (TPSA) is 62.6 Å². The second kappa shape index (κ2) is 8.80. The van der Waals surface area contributed by atoms with Crippen molar-refractivity contribution < 1.29 is 18.4 Å².